The molecule has 0 bridgehead atoms. The van der Waals surface area contributed by atoms with Gasteiger partial charge in [0.05, 0.1) is 0 Å². The van der Waals surface area contributed by atoms with Crippen LogP contribution in [-0.2, 0) is 6.54 Å². The third-order valence-corrected chi connectivity index (χ3v) is 2.92. The summed E-state index contributed by atoms with van der Waals surface area (Å²) in [5, 5.41) is 1.87. The van der Waals surface area contributed by atoms with E-state index in [2.05, 4.69) is 33.8 Å². The Morgan fingerprint density at radius 1 is 1.36 bits per heavy atom. The standard InChI is InChI=1S/C11H15BrClN/c1-2-14(8-7-12)9-10-5-3-4-6-11(10)13/h3-6H,2,7-9H2,1H3. The second kappa shape index (κ2) is 6.44. The normalized spacial score (nSPS) is 10.9. The van der Waals surface area contributed by atoms with E-state index in [1.165, 1.54) is 5.56 Å². The van der Waals surface area contributed by atoms with Crippen LogP contribution in [0.5, 0.6) is 0 Å². The number of nitrogens with zero attached hydrogens (tertiary/aromatic N) is 1. The fourth-order valence-electron chi connectivity index (χ4n) is 1.34. The summed E-state index contributed by atoms with van der Waals surface area (Å²) >= 11 is 9.54. The van der Waals surface area contributed by atoms with Crippen molar-refractivity contribution in [3.63, 3.8) is 0 Å². The lowest BCUT2D eigenvalue weighted by atomic mass is 10.2. The molecule has 0 unspecified atom stereocenters. The van der Waals surface area contributed by atoms with Crippen molar-refractivity contribution in [2.45, 2.75) is 13.5 Å². The molecule has 0 N–H and O–H groups in total. The van der Waals surface area contributed by atoms with Gasteiger partial charge < -0.3 is 0 Å². The molecule has 0 aliphatic carbocycles. The van der Waals surface area contributed by atoms with Gasteiger partial charge in [-0.15, -0.1) is 0 Å². The molecule has 14 heavy (non-hydrogen) atoms. The van der Waals surface area contributed by atoms with Crippen LogP contribution < -0.4 is 0 Å². The summed E-state index contributed by atoms with van der Waals surface area (Å²) in [6.07, 6.45) is 0. The summed E-state index contributed by atoms with van der Waals surface area (Å²) in [5.74, 6) is 0. The number of benzene rings is 1. The van der Waals surface area contributed by atoms with Crippen molar-refractivity contribution < 1.29 is 0 Å². The SMILES string of the molecule is CCN(CCBr)Cc1ccccc1Cl. The Morgan fingerprint density at radius 2 is 2.07 bits per heavy atom. The molecule has 1 aromatic rings. The van der Waals surface area contributed by atoms with Gasteiger partial charge >= 0.3 is 0 Å². The van der Waals surface area contributed by atoms with Gasteiger partial charge in [0, 0.05) is 23.4 Å². The molecule has 1 aromatic carbocycles. The Bertz CT molecular complexity index is 278. The van der Waals surface area contributed by atoms with Crippen molar-refractivity contribution in [3.05, 3.63) is 34.9 Å². The van der Waals surface area contributed by atoms with Gasteiger partial charge in [0.15, 0.2) is 0 Å². The van der Waals surface area contributed by atoms with E-state index in [-0.39, 0.29) is 0 Å². The van der Waals surface area contributed by atoms with E-state index in [0.717, 1.165) is 30.0 Å². The molecule has 0 fully saturated rings. The molecule has 0 atom stereocenters. The van der Waals surface area contributed by atoms with Crippen LogP contribution in [0, 0.1) is 0 Å². The highest BCUT2D eigenvalue weighted by atomic mass is 79.9. The van der Waals surface area contributed by atoms with Crippen LogP contribution in [0.25, 0.3) is 0 Å². The van der Waals surface area contributed by atoms with Crippen molar-refractivity contribution in [3.8, 4) is 0 Å². The van der Waals surface area contributed by atoms with Crippen LogP contribution in [0.15, 0.2) is 24.3 Å². The van der Waals surface area contributed by atoms with E-state index < -0.39 is 0 Å². The molecule has 0 amide bonds. The molecule has 0 spiro atoms. The number of halogens is 2. The summed E-state index contributed by atoms with van der Waals surface area (Å²) in [4.78, 5) is 2.36. The fourth-order valence-corrected chi connectivity index (χ4v) is 2.03. The van der Waals surface area contributed by atoms with Crippen LogP contribution >= 0.6 is 27.5 Å². The number of hydrogen-bond donors (Lipinski definition) is 0. The van der Waals surface area contributed by atoms with Crippen molar-refractivity contribution in [1.82, 2.24) is 4.90 Å². The second-order valence-electron chi connectivity index (χ2n) is 3.15. The van der Waals surface area contributed by atoms with Crippen molar-refractivity contribution >= 4 is 27.5 Å². The molecule has 1 rings (SSSR count). The van der Waals surface area contributed by atoms with Crippen LogP contribution in [0.3, 0.4) is 0 Å². The monoisotopic (exact) mass is 275 g/mol. The predicted octanol–water partition coefficient (Wildman–Crippen LogP) is 3.56. The quantitative estimate of drug-likeness (QED) is 0.743. The van der Waals surface area contributed by atoms with E-state index in [0.29, 0.717) is 0 Å². The van der Waals surface area contributed by atoms with Gasteiger partial charge in [-0.05, 0) is 18.2 Å². The number of hydrogen-bond acceptors (Lipinski definition) is 1. The smallest absolute Gasteiger partial charge is 0.0451 e. The molecular formula is C11H15BrClN. The summed E-state index contributed by atoms with van der Waals surface area (Å²) in [5.41, 5.74) is 1.21. The number of alkyl halides is 1. The van der Waals surface area contributed by atoms with Crippen LogP contribution in [0.4, 0.5) is 0 Å². The lowest BCUT2D eigenvalue weighted by Crippen LogP contribution is -2.24. The van der Waals surface area contributed by atoms with E-state index in [1.54, 1.807) is 0 Å². The van der Waals surface area contributed by atoms with Gasteiger partial charge in [-0.2, -0.15) is 0 Å². The minimum atomic E-state index is 0.862. The number of rotatable bonds is 5. The molecule has 0 radical (unpaired) electrons. The minimum Gasteiger partial charge on any atom is -0.298 e. The first-order valence-corrected chi connectivity index (χ1v) is 6.29. The maximum Gasteiger partial charge on any atom is 0.0451 e. The van der Waals surface area contributed by atoms with Gasteiger partial charge in [-0.25, -0.2) is 0 Å². The van der Waals surface area contributed by atoms with E-state index in [1.807, 2.05) is 18.2 Å². The fraction of sp³-hybridized carbons (Fsp3) is 0.455. The first-order chi connectivity index (χ1) is 6.77. The molecule has 78 valence electrons. The first-order valence-electron chi connectivity index (χ1n) is 4.79. The van der Waals surface area contributed by atoms with E-state index in [4.69, 9.17) is 11.6 Å². The highest BCUT2D eigenvalue weighted by Crippen LogP contribution is 2.16. The zero-order chi connectivity index (χ0) is 10.4. The van der Waals surface area contributed by atoms with E-state index in [9.17, 15) is 0 Å². The summed E-state index contributed by atoms with van der Waals surface area (Å²) in [7, 11) is 0. The van der Waals surface area contributed by atoms with Crippen molar-refractivity contribution in [2.75, 3.05) is 18.4 Å². The average molecular weight is 277 g/mol. The Balaban J connectivity index is 2.62. The highest BCUT2D eigenvalue weighted by molar-refractivity contribution is 9.09. The van der Waals surface area contributed by atoms with Crippen molar-refractivity contribution in [1.29, 1.82) is 0 Å². The molecule has 0 saturated heterocycles. The van der Waals surface area contributed by atoms with Crippen LogP contribution in [0.1, 0.15) is 12.5 Å². The van der Waals surface area contributed by atoms with Gasteiger partial charge in [0.25, 0.3) is 0 Å². The van der Waals surface area contributed by atoms with Gasteiger partial charge in [0.1, 0.15) is 0 Å². The predicted molar refractivity (Wildman–Crippen MR) is 66.2 cm³/mol. The molecule has 0 aromatic heterocycles. The van der Waals surface area contributed by atoms with Gasteiger partial charge in [-0.3, -0.25) is 4.90 Å². The second-order valence-corrected chi connectivity index (χ2v) is 4.35. The third kappa shape index (κ3) is 3.60. The minimum absolute atomic E-state index is 0.862. The summed E-state index contributed by atoms with van der Waals surface area (Å²) in [6.45, 7) is 5.21. The van der Waals surface area contributed by atoms with E-state index >= 15 is 0 Å². The maximum absolute atomic E-state index is 6.09. The lowest BCUT2D eigenvalue weighted by molar-refractivity contribution is 0.299. The Labute approximate surface area is 99.2 Å². The van der Waals surface area contributed by atoms with Crippen molar-refractivity contribution in [2.24, 2.45) is 0 Å². The third-order valence-electron chi connectivity index (χ3n) is 2.20. The maximum atomic E-state index is 6.09. The molecule has 0 saturated carbocycles. The zero-order valence-electron chi connectivity index (χ0n) is 8.34. The molecule has 0 aliphatic heterocycles. The van der Waals surface area contributed by atoms with Crippen LogP contribution in [0.2, 0.25) is 5.02 Å². The molecule has 0 heterocycles. The Kier molecular flexibility index (Phi) is 5.53. The summed E-state index contributed by atoms with van der Waals surface area (Å²) in [6, 6.07) is 8.02. The van der Waals surface area contributed by atoms with Gasteiger partial charge in [-0.1, -0.05) is 52.7 Å². The molecule has 0 aliphatic rings. The first kappa shape index (κ1) is 12.0. The molecule has 1 nitrogen and oxygen atoms in total. The topological polar surface area (TPSA) is 3.24 Å². The Hall–Kier alpha value is -0.0500. The Morgan fingerprint density at radius 3 is 2.64 bits per heavy atom. The highest BCUT2D eigenvalue weighted by Gasteiger charge is 2.04. The van der Waals surface area contributed by atoms with Crippen LogP contribution in [-0.4, -0.2) is 23.3 Å². The average Bonchev–Trinajstić information content (AvgIpc) is 2.20. The largest absolute Gasteiger partial charge is 0.298 e. The lowest BCUT2D eigenvalue weighted by Gasteiger charge is -2.19. The zero-order valence-corrected chi connectivity index (χ0v) is 10.7. The van der Waals surface area contributed by atoms with Gasteiger partial charge in [0.2, 0.25) is 0 Å². The summed E-state index contributed by atoms with van der Waals surface area (Å²) < 4.78 is 0. The molecule has 3 heteroatoms. The molecular weight excluding hydrogens is 261 g/mol.